The fraction of sp³-hybridized carbons (Fsp3) is 0.250. The second-order valence-corrected chi connectivity index (χ2v) is 2.68. The molecule has 0 saturated carbocycles. The molecule has 0 radical (unpaired) electrons. The normalized spacial score (nSPS) is 10.3. The standard InChI is InChI=1S/C8H4ClF3N2/c9-2-4-1-5(8(11)12)14-6(3-13)7(4)10/h1,8H,2H2. The molecule has 0 atom stereocenters. The number of rotatable bonds is 2. The van der Waals surface area contributed by atoms with Gasteiger partial charge in [0.25, 0.3) is 6.43 Å². The molecular weight excluding hydrogens is 217 g/mol. The number of aromatic nitrogens is 1. The van der Waals surface area contributed by atoms with Gasteiger partial charge in [0.1, 0.15) is 11.8 Å². The molecule has 0 saturated heterocycles. The lowest BCUT2D eigenvalue weighted by atomic mass is 10.2. The van der Waals surface area contributed by atoms with Gasteiger partial charge in [-0.1, -0.05) is 0 Å². The molecule has 0 fully saturated rings. The second kappa shape index (κ2) is 4.29. The summed E-state index contributed by atoms with van der Waals surface area (Å²) in [5.41, 5.74) is -1.44. The van der Waals surface area contributed by atoms with Crippen LogP contribution in [0.3, 0.4) is 0 Å². The minimum atomic E-state index is -2.84. The molecule has 0 amide bonds. The summed E-state index contributed by atoms with van der Waals surface area (Å²) in [6.45, 7) is 0. The average Bonchev–Trinajstić information content (AvgIpc) is 2.17. The molecule has 1 aromatic heterocycles. The first kappa shape index (κ1) is 10.8. The fourth-order valence-corrected chi connectivity index (χ4v) is 1.08. The van der Waals surface area contributed by atoms with Gasteiger partial charge in [0.15, 0.2) is 11.5 Å². The molecule has 14 heavy (non-hydrogen) atoms. The average molecular weight is 221 g/mol. The monoisotopic (exact) mass is 220 g/mol. The summed E-state index contributed by atoms with van der Waals surface area (Å²) in [5.74, 6) is -1.21. The van der Waals surface area contributed by atoms with Gasteiger partial charge < -0.3 is 0 Å². The van der Waals surface area contributed by atoms with Crippen molar-refractivity contribution in [2.75, 3.05) is 0 Å². The van der Waals surface area contributed by atoms with Gasteiger partial charge in [-0.15, -0.1) is 11.6 Å². The van der Waals surface area contributed by atoms with Gasteiger partial charge in [0.2, 0.25) is 0 Å². The highest BCUT2D eigenvalue weighted by Gasteiger charge is 2.16. The first-order valence-corrected chi connectivity index (χ1v) is 4.07. The number of hydrogen-bond donors (Lipinski definition) is 0. The van der Waals surface area contributed by atoms with Gasteiger partial charge in [-0.25, -0.2) is 18.2 Å². The van der Waals surface area contributed by atoms with E-state index in [1.807, 2.05) is 0 Å². The van der Waals surface area contributed by atoms with Gasteiger partial charge in [-0.05, 0) is 6.07 Å². The van der Waals surface area contributed by atoms with Gasteiger partial charge in [-0.3, -0.25) is 0 Å². The molecule has 2 nitrogen and oxygen atoms in total. The van der Waals surface area contributed by atoms with Crippen LogP contribution in [-0.2, 0) is 5.88 Å². The molecule has 0 bridgehead atoms. The van der Waals surface area contributed by atoms with E-state index in [1.54, 1.807) is 0 Å². The minimum absolute atomic E-state index is 0.145. The zero-order valence-electron chi connectivity index (χ0n) is 6.77. The van der Waals surface area contributed by atoms with Crippen molar-refractivity contribution in [1.29, 1.82) is 5.26 Å². The Morgan fingerprint density at radius 3 is 2.64 bits per heavy atom. The molecule has 0 spiro atoms. The van der Waals surface area contributed by atoms with Crippen molar-refractivity contribution in [3.05, 3.63) is 28.8 Å². The van der Waals surface area contributed by atoms with Gasteiger partial charge >= 0.3 is 0 Å². The van der Waals surface area contributed by atoms with Crippen LogP contribution in [0, 0.1) is 17.1 Å². The number of hydrogen-bond acceptors (Lipinski definition) is 2. The zero-order chi connectivity index (χ0) is 10.7. The number of pyridine rings is 1. The van der Waals surface area contributed by atoms with Crippen molar-refractivity contribution < 1.29 is 13.2 Å². The quantitative estimate of drug-likeness (QED) is 0.719. The Bertz CT molecular complexity index is 387. The highest BCUT2D eigenvalue weighted by Crippen LogP contribution is 2.21. The van der Waals surface area contributed by atoms with Crippen molar-refractivity contribution in [2.45, 2.75) is 12.3 Å². The Kier molecular flexibility index (Phi) is 3.31. The minimum Gasteiger partial charge on any atom is -0.233 e. The third-order valence-electron chi connectivity index (χ3n) is 1.53. The van der Waals surface area contributed by atoms with Crippen LogP contribution in [0.25, 0.3) is 0 Å². The molecule has 1 rings (SSSR count). The van der Waals surface area contributed by atoms with Crippen LogP contribution in [0.5, 0.6) is 0 Å². The van der Waals surface area contributed by atoms with E-state index in [0.717, 1.165) is 6.07 Å². The maximum absolute atomic E-state index is 13.1. The van der Waals surface area contributed by atoms with Gasteiger partial charge in [-0.2, -0.15) is 5.26 Å². The predicted octanol–water partition coefficient (Wildman–Crippen LogP) is 2.77. The number of nitriles is 1. The van der Waals surface area contributed by atoms with Crippen molar-refractivity contribution in [2.24, 2.45) is 0 Å². The van der Waals surface area contributed by atoms with E-state index in [4.69, 9.17) is 16.9 Å². The molecule has 0 unspecified atom stereocenters. The predicted molar refractivity (Wildman–Crippen MR) is 43.4 cm³/mol. The second-order valence-electron chi connectivity index (χ2n) is 2.41. The lowest BCUT2D eigenvalue weighted by Crippen LogP contribution is -2.01. The summed E-state index contributed by atoms with van der Waals surface area (Å²) in [4.78, 5) is 3.15. The van der Waals surface area contributed by atoms with Crippen molar-refractivity contribution in [3.63, 3.8) is 0 Å². The fourth-order valence-electron chi connectivity index (χ4n) is 0.888. The van der Waals surface area contributed by atoms with Crippen molar-refractivity contribution >= 4 is 11.6 Å². The summed E-state index contributed by atoms with van der Waals surface area (Å²) in [6, 6.07) is 2.24. The molecule has 0 aromatic carbocycles. The third-order valence-corrected chi connectivity index (χ3v) is 1.81. The first-order chi connectivity index (χ1) is 6.60. The van der Waals surface area contributed by atoms with E-state index < -0.39 is 23.6 Å². The molecule has 74 valence electrons. The number of alkyl halides is 3. The largest absolute Gasteiger partial charge is 0.280 e. The summed E-state index contributed by atoms with van der Waals surface area (Å²) in [6.07, 6.45) is -2.84. The molecule has 0 aliphatic rings. The van der Waals surface area contributed by atoms with E-state index in [2.05, 4.69) is 4.98 Å². The Labute approximate surface area is 82.9 Å². The molecular formula is C8H4ClF3N2. The van der Waals surface area contributed by atoms with E-state index in [0.29, 0.717) is 0 Å². The highest BCUT2D eigenvalue weighted by molar-refractivity contribution is 6.17. The Morgan fingerprint density at radius 1 is 1.57 bits per heavy atom. The Hall–Kier alpha value is -1.28. The molecule has 0 aliphatic heterocycles. The van der Waals surface area contributed by atoms with Gasteiger partial charge in [0, 0.05) is 5.56 Å². The SMILES string of the molecule is N#Cc1nc(C(F)F)cc(CCl)c1F. The summed E-state index contributed by atoms with van der Waals surface area (Å²) < 4.78 is 37.5. The third kappa shape index (κ3) is 1.96. The van der Waals surface area contributed by atoms with E-state index in [9.17, 15) is 13.2 Å². The van der Waals surface area contributed by atoms with Crippen LogP contribution in [0.2, 0.25) is 0 Å². The lowest BCUT2D eigenvalue weighted by Gasteiger charge is -2.04. The summed E-state index contributed by atoms with van der Waals surface area (Å²) in [5, 5.41) is 8.40. The lowest BCUT2D eigenvalue weighted by molar-refractivity contribution is 0.145. The van der Waals surface area contributed by atoms with E-state index in [-0.39, 0.29) is 11.4 Å². The first-order valence-electron chi connectivity index (χ1n) is 3.53. The Morgan fingerprint density at radius 2 is 2.21 bits per heavy atom. The summed E-state index contributed by atoms with van der Waals surface area (Å²) >= 11 is 5.32. The number of halogens is 4. The van der Waals surface area contributed by atoms with Crippen LogP contribution in [0.15, 0.2) is 6.07 Å². The Balaban J connectivity index is 3.34. The molecule has 0 N–H and O–H groups in total. The highest BCUT2D eigenvalue weighted by atomic mass is 35.5. The van der Waals surface area contributed by atoms with Crippen LogP contribution in [-0.4, -0.2) is 4.98 Å². The van der Waals surface area contributed by atoms with Crippen LogP contribution >= 0.6 is 11.6 Å². The zero-order valence-corrected chi connectivity index (χ0v) is 7.52. The maximum Gasteiger partial charge on any atom is 0.280 e. The smallest absolute Gasteiger partial charge is 0.233 e. The molecule has 1 aromatic rings. The summed E-state index contributed by atoms with van der Waals surface area (Å²) in [7, 11) is 0. The van der Waals surface area contributed by atoms with E-state index >= 15 is 0 Å². The topological polar surface area (TPSA) is 36.7 Å². The van der Waals surface area contributed by atoms with E-state index in [1.165, 1.54) is 6.07 Å². The molecule has 0 aliphatic carbocycles. The maximum atomic E-state index is 13.1. The molecule has 1 heterocycles. The van der Waals surface area contributed by atoms with Crippen LogP contribution in [0.4, 0.5) is 13.2 Å². The van der Waals surface area contributed by atoms with Crippen LogP contribution in [0.1, 0.15) is 23.4 Å². The molecule has 6 heteroatoms. The van der Waals surface area contributed by atoms with Crippen molar-refractivity contribution in [1.82, 2.24) is 4.98 Å². The number of nitrogens with zero attached hydrogens (tertiary/aromatic N) is 2. The van der Waals surface area contributed by atoms with Crippen molar-refractivity contribution in [3.8, 4) is 6.07 Å². The van der Waals surface area contributed by atoms with Crippen LogP contribution < -0.4 is 0 Å². The van der Waals surface area contributed by atoms with Gasteiger partial charge in [0.05, 0.1) is 5.88 Å².